The van der Waals surface area contributed by atoms with E-state index in [4.69, 9.17) is 5.73 Å². The van der Waals surface area contributed by atoms with Crippen molar-refractivity contribution >= 4 is 0 Å². The van der Waals surface area contributed by atoms with Crippen LogP contribution in [0.3, 0.4) is 0 Å². The van der Waals surface area contributed by atoms with Crippen LogP contribution in [0.15, 0.2) is 54.6 Å². The summed E-state index contributed by atoms with van der Waals surface area (Å²) in [6.07, 6.45) is 0. The number of benzene rings is 2. The van der Waals surface area contributed by atoms with Crippen LogP contribution in [0, 0.1) is 5.82 Å². The van der Waals surface area contributed by atoms with Crippen molar-refractivity contribution in [3.8, 4) is 0 Å². The summed E-state index contributed by atoms with van der Waals surface area (Å²) < 4.78 is 12.9. The molecule has 0 saturated carbocycles. The fourth-order valence-corrected chi connectivity index (χ4v) is 2.33. The largest absolute Gasteiger partial charge is 0.330 e. The van der Waals surface area contributed by atoms with E-state index >= 15 is 0 Å². The Kier molecular flexibility index (Phi) is 4.11. The number of nitrogens with two attached hydrogens (primary N) is 1. The lowest BCUT2D eigenvalue weighted by Crippen LogP contribution is -2.18. The summed E-state index contributed by atoms with van der Waals surface area (Å²) in [4.78, 5) is 0. The van der Waals surface area contributed by atoms with E-state index in [0.29, 0.717) is 12.5 Å². The van der Waals surface area contributed by atoms with Crippen LogP contribution in [0.4, 0.5) is 4.39 Å². The average molecular weight is 243 g/mol. The molecule has 2 aromatic rings. The van der Waals surface area contributed by atoms with Gasteiger partial charge in [-0.3, -0.25) is 0 Å². The molecule has 0 radical (unpaired) electrons. The van der Waals surface area contributed by atoms with E-state index in [1.54, 1.807) is 0 Å². The maximum atomic E-state index is 12.9. The summed E-state index contributed by atoms with van der Waals surface area (Å²) in [6, 6.07) is 16.9. The fraction of sp³-hybridized carbons (Fsp3) is 0.250. The van der Waals surface area contributed by atoms with E-state index in [1.807, 2.05) is 30.3 Å². The van der Waals surface area contributed by atoms with Crippen LogP contribution < -0.4 is 5.73 Å². The molecule has 2 heteroatoms. The standard InChI is InChI=1S/C16H18FN/c1-12(13-5-3-2-4-6-13)16(11-18)14-7-9-15(17)10-8-14/h2-10,12,16H,11,18H2,1H3. The van der Waals surface area contributed by atoms with Crippen LogP contribution in [0.5, 0.6) is 0 Å². The smallest absolute Gasteiger partial charge is 0.123 e. The Balaban J connectivity index is 2.26. The van der Waals surface area contributed by atoms with Crippen molar-refractivity contribution in [1.29, 1.82) is 0 Å². The van der Waals surface area contributed by atoms with Gasteiger partial charge < -0.3 is 5.73 Å². The normalized spacial score (nSPS) is 14.2. The van der Waals surface area contributed by atoms with Gasteiger partial charge in [0.15, 0.2) is 0 Å². The van der Waals surface area contributed by atoms with E-state index in [0.717, 1.165) is 5.56 Å². The Hall–Kier alpha value is -1.67. The van der Waals surface area contributed by atoms with Crippen LogP contribution in [-0.4, -0.2) is 6.54 Å². The SMILES string of the molecule is CC(c1ccccc1)C(CN)c1ccc(F)cc1. The lowest BCUT2D eigenvalue weighted by atomic mass is 9.83. The molecule has 0 saturated heterocycles. The second kappa shape index (κ2) is 5.78. The molecule has 0 bridgehead atoms. The third-order valence-electron chi connectivity index (χ3n) is 3.48. The van der Waals surface area contributed by atoms with Crippen molar-refractivity contribution in [3.63, 3.8) is 0 Å². The predicted octanol–water partition coefficient (Wildman–Crippen LogP) is 3.67. The zero-order chi connectivity index (χ0) is 13.0. The summed E-state index contributed by atoms with van der Waals surface area (Å²) in [5.41, 5.74) is 8.24. The van der Waals surface area contributed by atoms with E-state index in [-0.39, 0.29) is 11.7 Å². The number of rotatable bonds is 4. The van der Waals surface area contributed by atoms with Gasteiger partial charge in [-0.25, -0.2) is 4.39 Å². The molecule has 0 aliphatic rings. The predicted molar refractivity (Wildman–Crippen MR) is 73.1 cm³/mol. The van der Waals surface area contributed by atoms with Gasteiger partial charge in [0.1, 0.15) is 5.82 Å². The lowest BCUT2D eigenvalue weighted by molar-refractivity contribution is 0.580. The molecule has 0 aliphatic heterocycles. The van der Waals surface area contributed by atoms with E-state index in [9.17, 15) is 4.39 Å². The first kappa shape index (κ1) is 12.8. The first-order valence-corrected chi connectivity index (χ1v) is 6.23. The lowest BCUT2D eigenvalue weighted by Gasteiger charge is -2.23. The van der Waals surface area contributed by atoms with Gasteiger partial charge in [-0.15, -0.1) is 0 Å². The molecular formula is C16H18FN. The summed E-state index contributed by atoms with van der Waals surface area (Å²) in [7, 11) is 0. The zero-order valence-electron chi connectivity index (χ0n) is 10.5. The highest BCUT2D eigenvalue weighted by atomic mass is 19.1. The van der Waals surface area contributed by atoms with E-state index in [1.165, 1.54) is 17.7 Å². The van der Waals surface area contributed by atoms with Gasteiger partial charge in [0.2, 0.25) is 0 Å². The Morgan fingerprint density at radius 2 is 1.56 bits per heavy atom. The second-order valence-corrected chi connectivity index (χ2v) is 4.59. The van der Waals surface area contributed by atoms with Crippen LogP contribution in [-0.2, 0) is 0 Å². The molecule has 1 nitrogen and oxygen atoms in total. The summed E-state index contributed by atoms with van der Waals surface area (Å²) >= 11 is 0. The highest BCUT2D eigenvalue weighted by Crippen LogP contribution is 2.31. The second-order valence-electron chi connectivity index (χ2n) is 4.59. The molecule has 0 heterocycles. The minimum Gasteiger partial charge on any atom is -0.330 e. The topological polar surface area (TPSA) is 26.0 Å². The van der Waals surface area contributed by atoms with Gasteiger partial charge in [0.25, 0.3) is 0 Å². The minimum atomic E-state index is -0.207. The van der Waals surface area contributed by atoms with Gasteiger partial charge in [-0.2, -0.15) is 0 Å². The van der Waals surface area contributed by atoms with Crippen molar-refractivity contribution in [1.82, 2.24) is 0 Å². The van der Waals surface area contributed by atoms with Crippen molar-refractivity contribution in [2.24, 2.45) is 5.73 Å². The van der Waals surface area contributed by atoms with Crippen molar-refractivity contribution in [3.05, 3.63) is 71.5 Å². The molecule has 18 heavy (non-hydrogen) atoms. The first-order chi connectivity index (χ1) is 8.72. The highest BCUT2D eigenvalue weighted by Gasteiger charge is 2.19. The summed E-state index contributed by atoms with van der Waals surface area (Å²) in [6.45, 7) is 2.72. The van der Waals surface area contributed by atoms with Gasteiger partial charge in [-0.05, 0) is 35.7 Å². The van der Waals surface area contributed by atoms with Crippen LogP contribution in [0.2, 0.25) is 0 Å². The van der Waals surface area contributed by atoms with Crippen molar-refractivity contribution in [2.75, 3.05) is 6.54 Å². The maximum Gasteiger partial charge on any atom is 0.123 e. The van der Waals surface area contributed by atoms with Crippen LogP contribution >= 0.6 is 0 Å². The quantitative estimate of drug-likeness (QED) is 0.871. The van der Waals surface area contributed by atoms with Crippen LogP contribution in [0.1, 0.15) is 29.9 Å². The van der Waals surface area contributed by atoms with Gasteiger partial charge >= 0.3 is 0 Å². The summed E-state index contributed by atoms with van der Waals surface area (Å²) in [5.74, 6) is 0.330. The fourth-order valence-electron chi connectivity index (χ4n) is 2.33. The Morgan fingerprint density at radius 3 is 2.11 bits per heavy atom. The van der Waals surface area contributed by atoms with Gasteiger partial charge in [-0.1, -0.05) is 49.4 Å². The number of hydrogen-bond acceptors (Lipinski definition) is 1. The molecule has 2 atom stereocenters. The Bertz CT molecular complexity index is 478. The van der Waals surface area contributed by atoms with E-state index < -0.39 is 0 Å². The van der Waals surface area contributed by atoms with Crippen molar-refractivity contribution in [2.45, 2.75) is 18.8 Å². The first-order valence-electron chi connectivity index (χ1n) is 6.23. The average Bonchev–Trinajstić information content (AvgIpc) is 2.42. The molecule has 2 unspecified atom stereocenters. The molecule has 0 aliphatic carbocycles. The Morgan fingerprint density at radius 1 is 0.944 bits per heavy atom. The van der Waals surface area contributed by atoms with E-state index in [2.05, 4.69) is 19.1 Å². The van der Waals surface area contributed by atoms with Crippen molar-refractivity contribution < 1.29 is 4.39 Å². The Labute approximate surface area is 107 Å². The van der Waals surface area contributed by atoms with Gasteiger partial charge in [0, 0.05) is 5.92 Å². The third-order valence-corrected chi connectivity index (χ3v) is 3.48. The monoisotopic (exact) mass is 243 g/mol. The molecule has 0 aromatic heterocycles. The highest BCUT2D eigenvalue weighted by molar-refractivity contribution is 5.28. The molecule has 0 spiro atoms. The zero-order valence-corrected chi connectivity index (χ0v) is 10.5. The number of halogens is 1. The number of hydrogen-bond donors (Lipinski definition) is 1. The maximum absolute atomic E-state index is 12.9. The molecule has 0 amide bonds. The molecular weight excluding hydrogens is 225 g/mol. The molecule has 94 valence electrons. The molecule has 2 rings (SSSR count). The van der Waals surface area contributed by atoms with Crippen LogP contribution in [0.25, 0.3) is 0 Å². The molecule has 0 fully saturated rings. The summed E-state index contributed by atoms with van der Waals surface area (Å²) in [5, 5.41) is 0. The molecule has 2 aromatic carbocycles. The van der Waals surface area contributed by atoms with Gasteiger partial charge in [0.05, 0.1) is 0 Å². The minimum absolute atomic E-state index is 0.207. The third kappa shape index (κ3) is 2.77. The molecule has 2 N–H and O–H groups in total.